The van der Waals surface area contributed by atoms with Crippen molar-refractivity contribution in [2.75, 3.05) is 11.9 Å². The molecule has 5 nitrogen and oxygen atoms in total. The van der Waals surface area contributed by atoms with E-state index in [1.807, 2.05) is 56.3 Å². The van der Waals surface area contributed by atoms with Crippen molar-refractivity contribution >= 4 is 21.6 Å². The van der Waals surface area contributed by atoms with Crippen LogP contribution < -0.4 is 5.32 Å². The fourth-order valence-electron chi connectivity index (χ4n) is 4.21. The molecule has 0 unspecified atom stereocenters. The Morgan fingerprint density at radius 3 is 2.25 bits per heavy atom. The summed E-state index contributed by atoms with van der Waals surface area (Å²) >= 11 is 0. The molecule has 1 aliphatic rings. The summed E-state index contributed by atoms with van der Waals surface area (Å²) in [5.74, 6) is -0.304. The number of sulfonamides is 1. The second-order valence-electron chi connectivity index (χ2n) is 8.00. The monoisotopic (exact) mass is 448 g/mol. The first-order valence-electron chi connectivity index (χ1n) is 11.0. The Kier molecular flexibility index (Phi) is 6.44. The van der Waals surface area contributed by atoms with Gasteiger partial charge >= 0.3 is 0 Å². The standard InChI is InChI=1S/C26H28N2O3S/c1-3-19-11-7-12-20(4-2)25(19)27-26(29)22-13-8-14-24(17-22)32(30,31)28-16-15-21-9-5-6-10-23(21)18-28/h5-14,17H,3-4,15-16,18H2,1-2H3,(H,27,29). The minimum absolute atomic E-state index is 0.143. The van der Waals surface area contributed by atoms with Gasteiger partial charge in [-0.15, -0.1) is 0 Å². The van der Waals surface area contributed by atoms with Gasteiger partial charge in [0.25, 0.3) is 5.91 Å². The molecule has 1 aliphatic heterocycles. The highest BCUT2D eigenvalue weighted by Crippen LogP contribution is 2.27. The predicted octanol–water partition coefficient (Wildman–Crippen LogP) is 4.81. The predicted molar refractivity (Wildman–Crippen MR) is 127 cm³/mol. The zero-order valence-electron chi connectivity index (χ0n) is 18.5. The van der Waals surface area contributed by atoms with Crippen LogP contribution >= 0.6 is 0 Å². The first kappa shape index (κ1) is 22.2. The minimum Gasteiger partial charge on any atom is -0.321 e. The summed E-state index contributed by atoms with van der Waals surface area (Å²) < 4.78 is 28.1. The van der Waals surface area contributed by atoms with Crippen LogP contribution in [-0.4, -0.2) is 25.2 Å². The van der Waals surface area contributed by atoms with Crippen molar-refractivity contribution in [3.05, 3.63) is 94.5 Å². The third kappa shape index (κ3) is 4.33. The van der Waals surface area contributed by atoms with Gasteiger partial charge < -0.3 is 5.32 Å². The number of carbonyl (C=O) groups excluding carboxylic acids is 1. The molecule has 6 heteroatoms. The van der Waals surface area contributed by atoms with E-state index >= 15 is 0 Å². The van der Waals surface area contributed by atoms with Gasteiger partial charge in [-0.2, -0.15) is 4.31 Å². The number of fused-ring (bicyclic) bond motifs is 1. The van der Waals surface area contributed by atoms with Crippen molar-refractivity contribution in [1.29, 1.82) is 0 Å². The van der Waals surface area contributed by atoms with Crippen LogP contribution in [0.2, 0.25) is 0 Å². The van der Waals surface area contributed by atoms with Gasteiger partial charge in [-0.05, 0) is 59.7 Å². The Bertz CT molecular complexity index is 1230. The molecule has 0 radical (unpaired) electrons. The summed E-state index contributed by atoms with van der Waals surface area (Å²) in [5, 5.41) is 3.02. The van der Waals surface area contributed by atoms with E-state index in [0.29, 0.717) is 25.1 Å². The molecule has 0 saturated heterocycles. The Morgan fingerprint density at radius 2 is 1.56 bits per heavy atom. The van der Waals surface area contributed by atoms with E-state index in [4.69, 9.17) is 0 Å². The number of nitrogens with one attached hydrogen (secondary N) is 1. The third-order valence-electron chi connectivity index (χ3n) is 6.07. The Balaban J connectivity index is 1.60. The van der Waals surface area contributed by atoms with Crippen molar-refractivity contribution in [3.8, 4) is 0 Å². The number of anilines is 1. The third-order valence-corrected chi connectivity index (χ3v) is 7.91. The molecular formula is C26H28N2O3S. The second kappa shape index (κ2) is 9.27. The Labute approximate surface area is 190 Å². The molecule has 166 valence electrons. The molecule has 0 saturated carbocycles. The average Bonchev–Trinajstić information content (AvgIpc) is 2.83. The molecule has 0 aliphatic carbocycles. The van der Waals surface area contributed by atoms with Gasteiger partial charge in [-0.25, -0.2) is 8.42 Å². The molecule has 1 N–H and O–H groups in total. The molecule has 0 fully saturated rings. The molecule has 0 spiro atoms. The van der Waals surface area contributed by atoms with Gasteiger partial charge in [-0.3, -0.25) is 4.79 Å². The van der Waals surface area contributed by atoms with E-state index < -0.39 is 10.0 Å². The van der Waals surface area contributed by atoms with E-state index in [-0.39, 0.29) is 10.8 Å². The molecule has 3 aromatic rings. The maximum Gasteiger partial charge on any atom is 0.255 e. The number of benzene rings is 3. The van der Waals surface area contributed by atoms with E-state index in [1.54, 1.807) is 18.2 Å². The van der Waals surface area contributed by atoms with Crippen molar-refractivity contribution in [1.82, 2.24) is 4.31 Å². The van der Waals surface area contributed by atoms with Crippen molar-refractivity contribution < 1.29 is 13.2 Å². The number of para-hydroxylation sites is 1. The highest BCUT2D eigenvalue weighted by molar-refractivity contribution is 7.89. The quantitative estimate of drug-likeness (QED) is 0.588. The summed E-state index contributed by atoms with van der Waals surface area (Å²) in [5.41, 5.74) is 5.50. The normalized spacial score (nSPS) is 14.1. The smallest absolute Gasteiger partial charge is 0.255 e. The van der Waals surface area contributed by atoms with E-state index in [0.717, 1.165) is 35.2 Å². The number of aryl methyl sites for hydroxylation is 2. The minimum atomic E-state index is -3.71. The van der Waals surface area contributed by atoms with Gasteiger partial charge in [0, 0.05) is 24.3 Å². The molecule has 1 heterocycles. The highest BCUT2D eigenvalue weighted by atomic mass is 32.2. The molecule has 3 aromatic carbocycles. The van der Waals surface area contributed by atoms with Crippen LogP contribution in [0.4, 0.5) is 5.69 Å². The molecule has 4 rings (SSSR count). The zero-order chi connectivity index (χ0) is 22.7. The van der Waals surface area contributed by atoms with Crippen molar-refractivity contribution in [3.63, 3.8) is 0 Å². The maximum atomic E-state index is 13.3. The van der Waals surface area contributed by atoms with Crippen LogP contribution in [0.25, 0.3) is 0 Å². The lowest BCUT2D eigenvalue weighted by molar-refractivity contribution is 0.102. The first-order chi connectivity index (χ1) is 15.4. The summed E-state index contributed by atoms with van der Waals surface area (Å²) in [6.45, 7) is 4.88. The second-order valence-corrected chi connectivity index (χ2v) is 9.94. The highest BCUT2D eigenvalue weighted by Gasteiger charge is 2.28. The number of rotatable bonds is 6. The van der Waals surface area contributed by atoms with Gasteiger partial charge in [-0.1, -0.05) is 62.4 Å². The number of hydrogen-bond acceptors (Lipinski definition) is 3. The van der Waals surface area contributed by atoms with Crippen LogP contribution in [0.5, 0.6) is 0 Å². The van der Waals surface area contributed by atoms with Gasteiger partial charge in [0.15, 0.2) is 0 Å². The van der Waals surface area contributed by atoms with Crippen LogP contribution in [-0.2, 0) is 35.8 Å². The first-order valence-corrected chi connectivity index (χ1v) is 12.5. The molecule has 0 atom stereocenters. The summed E-state index contributed by atoms with van der Waals surface area (Å²) in [6, 6.07) is 20.2. The molecular weight excluding hydrogens is 420 g/mol. The Morgan fingerprint density at radius 1 is 0.906 bits per heavy atom. The lowest BCUT2D eigenvalue weighted by Gasteiger charge is -2.28. The van der Waals surface area contributed by atoms with Gasteiger partial charge in [0.05, 0.1) is 4.90 Å². The summed E-state index contributed by atoms with van der Waals surface area (Å²) in [7, 11) is -3.71. The molecule has 0 aromatic heterocycles. The lowest BCUT2D eigenvalue weighted by atomic mass is 10.0. The average molecular weight is 449 g/mol. The number of nitrogens with zero attached hydrogens (tertiary/aromatic N) is 1. The number of hydrogen-bond donors (Lipinski definition) is 1. The summed E-state index contributed by atoms with van der Waals surface area (Å²) in [6.07, 6.45) is 2.28. The van der Waals surface area contributed by atoms with Crippen LogP contribution in [0.1, 0.15) is 46.5 Å². The van der Waals surface area contributed by atoms with E-state index in [1.165, 1.54) is 15.9 Å². The topological polar surface area (TPSA) is 66.5 Å². The lowest BCUT2D eigenvalue weighted by Crippen LogP contribution is -2.36. The van der Waals surface area contributed by atoms with Gasteiger partial charge in [0.2, 0.25) is 10.0 Å². The van der Waals surface area contributed by atoms with Crippen LogP contribution in [0.15, 0.2) is 71.6 Å². The number of carbonyl (C=O) groups is 1. The largest absolute Gasteiger partial charge is 0.321 e. The Hall–Kier alpha value is -2.96. The summed E-state index contributed by atoms with van der Waals surface area (Å²) in [4.78, 5) is 13.2. The van der Waals surface area contributed by atoms with E-state index in [9.17, 15) is 13.2 Å². The molecule has 32 heavy (non-hydrogen) atoms. The number of amides is 1. The van der Waals surface area contributed by atoms with Gasteiger partial charge in [0.1, 0.15) is 0 Å². The van der Waals surface area contributed by atoms with Crippen LogP contribution in [0, 0.1) is 0 Å². The van der Waals surface area contributed by atoms with Crippen LogP contribution in [0.3, 0.4) is 0 Å². The van der Waals surface area contributed by atoms with Crippen molar-refractivity contribution in [2.45, 2.75) is 44.6 Å². The fraction of sp³-hybridized carbons (Fsp3) is 0.269. The zero-order valence-corrected chi connectivity index (χ0v) is 19.3. The fourth-order valence-corrected chi connectivity index (χ4v) is 5.68. The van der Waals surface area contributed by atoms with E-state index in [2.05, 4.69) is 5.32 Å². The SMILES string of the molecule is CCc1cccc(CC)c1NC(=O)c1cccc(S(=O)(=O)N2CCc3ccccc3C2)c1. The molecule has 0 bridgehead atoms. The van der Waals surface area contributed by atoms with Crippen molar-refractivity contribution in [2.24, 2.45) is 0 Å². The molecule has 1 amide bonds. The maximum absolute atomic E-state index is 13.3.